The molecule has 0 N–H and O–H groups in total. The normalized spacial score (nSPS) is 17.2. The standard InChI is InChI=1S/C36H28F9NO4.C31H24F9N3O2/c1-18-11-21(20(3)47)5-8-28(18)22-6-10-31(49-4)30(15-22)29-9-7-25(34(37,38)39)14-24(29)17-46-19(2)32(50-33(46)48)23-12-26(35(40,41)42)16-27(13-23)36(43,44)45;1-3-18-16-43(24-7-5-4-6-8-24)41-26(18)25-10-9-21(29(32,33)34)13-20(25)15-42-17(2)27(45-28(42)44)19-11-22(30(35,36)37)14-23(12-19)31(38,39)40/h5-16,19,32H,17H2,1-4H3;4-14,16-17,27H,3,15H2,1-2H3/t19-,32-;17-,27-/m00/s1. The van der Waals surface area contributed by atoms with Crippen LogP contribution in [0.1, 0.15) is 117 Å². The van der Waals surface area contributed by atoms with Gasteiger partial charge in [0.2, 0.25) is 0 Å². The third-order valence-corrected chi connectivity index (χ3v) is 16.1. The molecule has 4 atom stereocenters. The lowest BCUT2D eigenvalue weighted by Crippen LogP contribution is -2.32. The lowest BCUT2D eigenvalue weighted by molar-refractivity contribution is -0.144. The van der Waals surface area contributed by atoms with Crippen LogP contribution in [0, 0.1) is 6.92 Å². The van der Waals surface area contributed by atoms with Gasteiger partial charge >= 0.3 is 49.2 Å². The van der Waals surface area contributed by atoms with Crippen LogP contribution in [0.2, 0.25) is 0 Å². The first-order valence-electron chi connectivity index (χ1n) is 28.5. The van der Waals surface area contributed by atoms with Crippen molar-refractivity contribution >= 4 is 18.0 Å². The number of hydrogen-bond acceptors (Lipinski definition) is 7. The lowest BCUT2D eigenvalue weighted by Gasteiger charge is -2.24. The average Bonchev–Trinajstić information content (AvgIpc) is 1.74. The molecule has 95 heavy (non-hydrogen) atoms. The fourth-order valence-electron chi connectivity index (χ4n) is 11.2. The minimum atomic E-state index is -5.16. The van der Waals surface area contributed by atoms with E-state index in [1.165, 1.54) is 40.0 Å². The Morgan fingerprint density at radius 3 is 1.34 bits per heavy atom. The molecule has 0 unspecified atom stereocenters. The molecule has 0 spiro atoms. The number of para-hydroxylation sites is 1. The monoisotopic (exact) mass is 1350 g/mol. The second-order valence-electron chi connectivity index (χ2n) is 22.4. The number of rotatable bonds is 13. The van der Waals surface area contributed by atoms with Crippen molar-refractivity contribution in [1.29, 1.82) is 0 Å². The number of methoxy groups -OCH3 is 1. The molecule has 2 aliphatic rings. The maximum Gasteiger partial charge on any atom is 0.416 e. The van der Waals surface area contributed by atoms with E-state index in [0.29, 0.717) is 69.9 Å². The number of carbonyl (C=O) groups is 3. The Balaban J connectivity index is 0.000000225. The number of benzene rings is 7. The Bertz CT molecular complexity index is 4150. The SMILES string of the molecule is CCc1cn(-c2ccccc2)nc1-c1ccc(C(F)(F)F)cc1CN1C(=O)O[C@H](c2cc(C(F)(F)F)cc(C(F)(F)F)c2)[C@@H]1C.COc1ccc(-c2ccc(C(C)=O)cc2C)cc1-c1ccc(C(F)(F)F)cc1CN1C(=O)O[C@H](c2cc(C(F)(F)F)cc(C(F)(F)F)c2)[C@@H]1C. The molecule has 8 aromatic rings. The molecule has 0 bridgehead atoms. The van der Waals surface area contributed by atoms with E-state index < -0.39 is 131 Å². The highest BCUT2D eigenvalue weighted by atomic mass is 19.4. The summed E-state index contributed by atoms with van der Waals surface area (Å²) >= 11 is 0. The summed E-state index contributed by atoms with van der Waals surface area (Å²) in [4.78, 5) is 39.9. The summed E-state index contributed by atoms with van der Waals surface area (Å²) in [6.07, 6.45) is -33.4. The Morgan fingerprint density at radius 2 is 0.926 bits per heavy atom. The van der Waals surface area contributed by atoms with E-state index in [9.17, 15) is 93.4 Å². The summed E-state index contributed by atoms with van der Waals surface area (Å²) in [7, 11) is 1.35. The van der Waals surface area contributed by atoms with Gasteiger partial charge in [-0.3, -0.25) is 14.6 Å². The number of hydrogen-bond donors (Lipinski definition) is 0. The number of carbonyl (C=O) groups excluding carboxylic acids is 3. The molecule has 0 aliphatic carbocycles. The van der Waals surface area contributed by atoms with Crippen molar-refractivity contribution in [2.75, 3.05) is 7.11 Å². The van der Waals surface area contributed by atoms with Crippen molar-refractivity contribution in [3.05, 3.63) is 218 Å². The molecule has 7 aromatic carbocycles. The van der Waals surface area contributed by atoms with Gasteiger partial charge in [0.15, 0.2) is 5.78 Å². The summed E-state index contributed by atoms with van der Waals surface area (Å²) in [6.45, 7) is 6.62. The van der Waals surface area contributed by atoms with Gasteiger partial charge in [-0.15, -0.1) is 0 Å². The van der Waals surface area contributed by atoms with Crippen molar-refractivity contribution in [1.82, 2.24) is 19.6 Å². The van der Waals surface area contributed by atoms with Gasteiger partial charge in [0.05, 0.1) is 77.0 Å². The van der Waals surface area contributed by atoms with Crippen LogP contribution in [0.25, 0.3) is 39.2 Å². The molecule has 0 radical (unpaired) electrons. The van der Waals surface area contributed by atoms with Gasteiger partial charge in [-0.1, -0.05) is 55.5 Å². The molecule has 28 heteroatoms. The summed E-state index contributed by atoms with van der Waals surface area (Å²) in [5, 5.41) is 4.60. The van der Waals surface area contributed by atoms with Crippen LogP contribution in [0.3, 0.4) is 0 Å². The van der Waals surface area contributed by atoms with Crippen LogP contribution >= 0.6 is 0 Å². The number of alkyl halides is 18. The molecule has 3 heterocycles. The lowest BCUT2D eigenvalue weighted by atomic mass is 9.91. The van der Waals surface area contributed by atoms with Crippen LogP contribution in [-0.2, 0) is 66.0 Å². The predicted octanol–water partition coefficient (Wildman–Crippen LogP) is 19.9. The minimum Gasteiger partial charge on any atom is -0.496 e. The number of ketones is 1. The van der Waals surface area contributed by atoms with Crippen LogP contribution in [0.5, 0.6) is 5.75 Å². The number of ether oxygens (including phenoxy) is 3. The highest BCUT2D eigenvalue weighted by Crippen LogP contribution is 2.47. The molecule has 2 fully saturated rings. The predicted molar refractivity (Wildman–Crippen MR) is 308 cm³/mol. The quantitative estimate of drug-likeness (QED) is 0.0837. The first-order chi connectivity index (χ1) is 44.2. The van der Waals surface area contributed by atoms with Gasteiger partial charge in [0.1, 0.15) is 18.0 Å². The molecule has 10 rings (SSSR count). The maximum atomic E-state index is 13.9. The highest BCUT2D eigenvalue weighted by Gasteiger charge is 2.46. The van der Waals surface area contributed by atoms with Crippen LogP contribution in [-0.4, -0.2) is 56.7 Å². The second-order valence-corrected chi connectivity index (χ2v) is 22.4. The van der Waals surface area contributed by atoms with Gasteiger partial charge < -0.3 is 14.2 Å². The number of cyclic esters (lactones) is 2. The summed E-state index contributed by atoms with van der Waals surface area (Å²) < 4.78 is 263. The van der Waals surface area contributed by atoms with Crippen molar-refractivity contribution in [3.8, 4) is 44.9 Å². The first-order valence-corrected chi connectivity index (χ1v) is 28.5. The Kier molecular flexibility index (Phi) is 19.1. The zero-order valence-corrected chi connectivity index (χ0v) is 50.3. The Hall–Kier alpha value is -9.50. The summed E-state index contributed by atoms with van der Waals surface area (Å²) in [6, 6.07) is 24.1. The fourth-order valence-corrected chi connectivity index (χ4v) is 11.2. The smallest absolute Gasteiger partial charge is 0.416 e. The van der Waals surface area contributed by atoms with E-state index in [-0.39, 0.29) is 45.9 Å². The van der Waals surface area contributed by atoms with Gasteiger partial charge in [-0.2, -0.15) is 84.1 Å². The van der Waals surface area contributed by atoms with Gasteiger partial charge in [-0.25, -0.2) is 14.3 Å². The fraction of sp³-hybridized carbons (Fsp3) is 0.284. The number of nitrogens with zero attached hydrogens (tertiary/aromatic N) is 4. The van der Waals surface area contributed by atoms with Gasteiger partial charge in [0.25, 0.3) is 0 Å². The first kappa shape index (κ1) is 69.8. The zero-order chi connectivity index (χ0) is 69.8. The molecule has 2 amide bonds. The molecule has 0 saturated carbocycles. The van der Waals surface area contributed by atoms with E-state index >= 15 is 0 Å². The van der Waals surface area contributed by atoms with Crippen molar-refractivity contribution in [2.45, 2.75) is 115 Å². The van der Waals surface area contributed by atoms with Crippen LogP contribution in [0.4, 0.5) is 88.6 Å². The minimum absolute atomic E-state index is 0.00214. The van der Waals surface area contributed by atoms with Crippen molar-refractivity contribution in [2.24, 2.45) is 0 Å². The van der Waals surface area contributed by atoms with E-state index in [0.717, 1.165) is 39.6 Å². The third kappa shape index (κ3) is 15.2. The van der Waals surface area contributed by atoms with Crippen molar-refractivity contribution < 1.29 is 108 Å². The molecular formula is C67H52F18N4O6. The van der Waals surface area contributed by atoms with Gasteiger partial charge in [0, 0.05) is 22.9 Å². The van der Waals surface area contributed by atoms with Crippen LogP contribution < -0.4 is 4.74 Å². The summed E-state index contributed by atoms with van der Waals surface area (Å²) in [5.41, 5.74) is -4.61. The highest BCUT2D eigenvalue weighted by molar-refractivity contribution is 5.95. The molecular weight excluding hydrogens is 1300 g/mol. The number of aromatic nitrogens is 2. The van der Waals surface area contributed by atoms with Gasteiger partial charge in [-0.05, 0) is 175 Å². The molecule has 10 nitrogen and oxygen atoms in total. The number of aryl methyl sites for hydroxylation is 2. The third-order valence-electron chi connectivity index (χ3n) is 16.1. The van der Waals surface area contributed by atoms with E-state index in [4.69, 9.17) is 14.2 Å². The van der Waals surface area contributed by atoms with E-state index in [1.54, 1.807) is 84.5 Å². The van der Waals surface area contributed by atoms with Crippen LogP contribution in [0.15, 0.2) is 146 Å². The molecule has 502 valence electrons. The zero-order valence-electron chi connectivity index (χ0n) is 50.3. The topological polar surface area (TPSA) is 103 Å². The van der Waals surface area contributed by atoms with E-state index in [1.807, 2.05) is 6.92 Å². The summed E-state index contributed by atoms with van der Waals surface area (Å²) in [5.74, 6) is 0.113. The number of Topliss-reactive ketones (excluding diaryl/α,β-unsaturated/α-hetero) is 1. The molecule has 1 aromatic heterocycles. The average molecular weight is 1350 g/mol. The number of amides is 2. The maximum absolute atomic E-state index is 13.9. The molecule has 2 aliphatic heterocycles. The van der Waals surface area contributed by atoms with E-state index in [2.05, 4.69) is 5.10 Å². The Morgan fingerprint density at radius 1 is 0.495 bits per heavy atom. The Labute approximate surface area is 529 Å². The largest absolute Gasteiger partial charge is 0.496 e. The van der Waals surface area contributed by atoms with Crippen molar-refractivity contribution in [3.63, 3.8) is 0 Å². The molecule has 2 saturated heterocycles. The number of halogens is 18. The second kappa shape index (κ2) is 26.0.